The zero-order chi connectivity index (χ0) is 20.1. The van der Waals surface area contributed by atoms with Crippen molar-refractivity contribution in [3.05, 3.63) is 65.3 Å². The summed E-state index contributed by atoms with van der Waals surface area (Å²) in [5.74, 6) is 1.19. The molecule has 4 rings (SSSR count). The zero-order valence-corrected chi connectivity index (χ0v) is 16.7. The number of aromatic nitrogens is 3. The maximum Gasteiger partial charge on any atom is 0.241 e. The Labute approximate surface area is 174 Å². The average molecular weight is 412 g/mol. The molecule has 7 nitrogen and oxygen atoms in total. The number of hydrogen-bond acceptors (Lipinski definition) is 6. The maximum absolute atomic E-state index is 12.4. The van der Waals surface area contributed by atoms with Gasteiger partial charge in [-0.05, 0) is 49.7 Å². The van der Waals surface area contributed by atoms with Gasteiger partial charge in [0.05, 0.1) is 11.6 Å². The van der Waals surface area contributed by atoms with E-state index in [1.807, 2.05) is 30.3 Å². The quantitative estimate of drug-likeness (QED) is 0.669. The van der Waals surface area contributed by atoms with Gasteiger partial charge < -0.3 is 9.84 Å². The van der Waals surface area contributed by atoms with E-state index in [2.05, 4.69) is 25.3 Å². The van der Waals surface area contributed by atoms with Gasteiger partial charge in [-0.3, -0.25) is 14.7 Å². The van der Waals surface area contributed by atoms with Gasteiger partial charge in [-0.1, -0.05) is 35.0 Å². The van der Waals surface area contributed by atoms with Gasteiger partial charge in [0, 0.05) is 30.4 Å². The third kappa shape index (κ3) is 4.99. The van der Waals surface area contributed by atoms with Crippen LogP contribution >= 0.6 is 11.6 Å². The maximum atomic E-state index is 12.4. The summed E-state index contributed by atoms with van der Waals surface area (Å²) >= 11 is 6.20. The smallest absolute Gasteiger partial charge is 0.241 e. The molecule has 1 saturated heterocycles. The number of carbonyl (C=O) groups is 1. The molecule has 0 aliphatic carbocycles. The van der Waals surface area contributed by atoms with E-state index in [9.17, 15) is 4.79 Å². The fourth-order valence-electron chi connectivity index (χ4n) is 3.45. The van der Waals surface area contributed by atoms with Crippen molar-refractivity contribution >= 4 is 17.5 Å². The van der Waals surface area contributed by atoms with E-state index >= 15 is 0 Å². The van der Waals surface area contributed by atoms with E-state index in [-0.39, 0.29) is 11.8 Å². The Morgan fingerprint density at radius 2 is 2.03 bits per heavy atom. The number of carbonyl (C=O) groups excluding carboxylic acids is 1. The van der Waals surface area contributed by atoms with Crippen LogP contribution in [0.3, 0.4) is 0 Å². The fourth-order valence-corrected chi connectivity index (χ4v) is 3.67. The predicted octanol–water partition coefficient (Wildman–Crippen LogP) is 3.31. The highest BCUT2D eigenvalue weighted by molar-refractivity contribution is 6.33. The highest BCUT2D eigenvalue weighted by atomic mass is 35.5. The van der Waals surface area contributed by atoms with Gasteiger partial charge in [-0.15, -0.1) is 0 Å². The van der Waals surface area contributed by atoms with Gasteiger partial charge in [0.1, 0.15) is 0 Å². The van der Waals surface area contributed by atoms with Crippen LogP contribution in [0.25, 0.3) is 11.4 Å². The standard InChI is InChI=1S/C21H22ClN5O2/c22-18-6-2-1-5-17(18)20-25-19(29-26-20)14-27-10-7-16(8-11-27)21(28)24-13-15-4-3-9-23-12-15/h1-6,9,12,16H,7-8,10-11,13-14H2,(H,24,28). The average Bonchev–Trinajstić information content (AvgIpc) is 3.22. The summed E-state index contributed by atoms with van der Waals surface area (Å²) in [5, 5.41) is 7.65. The molecule has 29 heavy (non-hydrogen) atoms. The summed E-state index contributed by atoms with van der Waals surface area (Å²) < 4.78 is 5.39. The van der Waals surface area contributed by atoms with Crippen molar-refractivity contribution in [1.82, 2.24) is 25.3 Å². The molecule has 150 valence electrons. The normalized spacial score (nSPS) is 15.3. The lowest BCUT2D eigenvalue weighted by atomic mass is 9.96. The van der Waals surface area contributed by atoms with Crippen LogP contribution in [-0.2, 0) is 17.9 Å². The number of halogens is 1. The monoisotopic (exact) mass is 411 g/mol. The second kappa shape index (κ2) is 9.15. The van der Waals surface area contributed by atoms with Crippen molar-refractivity contribution in [1.29, 1.82) is 0 Å². The van der Waals surface area contributed by atoms with Crippen LogP contribution in [0.15, 0.2) is 53.3 Å². The number of nitrogens with one attached hydrogen (secondary N) is 1. The molecule has 1 fully saturated rings. The number of piperidine rings is 1. The third-order valence-electron chi connectivity index (χ3n) is 5.09. The minimum Gasteiger partial charge on any atom is -0.352 e. The van der Waals surface area contributed by atoms with E-state index in [1.54, 1.807) is 18.5 Å². The van der Waals surface area contributed by atoms with Gasteiger partial charge in [0.2, 0.25) is 17.6 Å². The number of likely N-dealkylation sites (tertiary alicyclic amines) is 1. The summed E-state index contributed by atoms with van der Waals surface area (Å²) in [4.78, 5) is 23.2. The van der Waals surface area contributed by atoms with Crippen LogP contribution in [0, 0.1) is 5.92 Å². The summed E-state index contributed by atoms with van der Waals surface area (Å²) in [5.41, 5.74) is 1.76. The van der Waals surface area contributed by atoms with Crippen molar-refractivity contribution in [2.24, 2.45) is 5.92 Å². The minimum atomic E-state index is 0.0318. The molecular weight excluding hydrogens is 390 g/mol. The van der Waals surface area contributed by atoms with E-state index in [0.29, 0.717) is 29.8 Å². The van der Waals surface area contributed by atoms with Crippen LogP contribution in [0.4, 0.5) is 0 Å². The molecule has 0 spiro atoms. The molecule has 1 aromatic carbocycles. The van der Waals surface area contributed by atoms with Crippen LogP contribution in [0.2, 0.25) is 5.02 Å². The molecule has 0 saturated carbocycles. The lowest BCUT2D eigenvalue weighted by Gasteiger charge is -2.30. The number of rotatable bonds is 6. The first-order chi connectivity index (χ1) is 14.2. The Balaban J connectivity index is 1.26. The molecule has 8 heteroatoms. The summed E-state index contributed by atoms with van der Waals surface area (Å²) in [6.45, 7) is 2.71. The Bertz CT molecular complexity index is 954. The molecule has 1 aliphatic heterocycles. The second-order valence-corrected chi connectivity index (χ2v) is 7.53. The first-order valence-electron chi connectivity index (χ1n) is 9.65. The molecule has 0 atom stereocenters. The highest BCUT2D eigenvalue weighted by Gasteiger charge is 2.26. The summed E-state index contributed by atoms with van der Waals surface area (Å²) in [7, 11) is 0. The number of nitrogens with zero attached hydrogens (tertiary/aromatic N) is 4. The number of hydrogen-bond donors (Lipinski definition) is 1. The van der Waals surface area contributed by atoms with Crippen molar-refractivity contribution in [3.63, 3.8) is 0 Å². The molecule has 1 amide bonds. The van der Waals surface area contributed by atoms with E-state index in [1.165, 1.54) is 0 Å². The van der Waals surface area contributed by atoms with Crippen LogP contribution in [-0.4, -0.2) is 39.0 Å². The van der Waals surface area contributed by atoms with Crippen LogP contribution in [0.5, 0.6) is 0 Å². The first kappa shape index (κ1) is 19.5. The molecule has 1 aliphatic rings. The number of pyridine rings is 1. The second-order valence-electron chi connectivity index (χ2n) is 7.12. The van der Waals surface area contributed by atoms with Crippen molar-refractivity contribution in [3.8, 4) is 11.4 Å². The van der Waals surface area contributed by atoms with Gasteiger partial charge >= 0.3 is 0 Å². The zero-order valence-electron chi connectivity index (χ0n) is 15.9. The largest absolute Gasteiger partial charge is 0.352 e. The van der Waals surface area contributed by atoms with Crippen LogP contribution < -0.4 is 5.32 Å². The fraction of sp³-hybridized carbons (Fsp3) is 0.333. The van der Waals surface area contributed by atoms with Gasteiger partial charge in [0.15, 0.2) is 0 Å². The van der Waals surface area contributed by atoms with Gasteiger partial charge in [-0.2, -0.15) is 4.98 Å². The Morgan fingerprint density at radius 1 is 1.21 bits per heavy atom. The summed E-state index contributed by atoms with van der Waals surface area (Å²) in [6, 6.07) is 11.3. The number of benzene rings is 1. The molecule has 0 radical (unpaired) electrons. The van der Waals surface area contributed by atoms with Crippen LogP contribution in [0.1, 0.15) is 24.3 Å². The lowest BCUT2D eigenvalue weighted by molar-refractivity contribution is -0.126. The highest BCUT2D eigenvalue weighted by Crippen LogP contribution is 2.25. The summed E-state index contributed by atoms with van der Waals surface area (Å²) in [6.07, 6.45) is 5.11. The molecule has 0 bridgehead atoms. The van der Waals surface area contributed by atoms with Gasteiger partial charge in [-0.25, -0.2) is 0 Å². The van der Waals surface area contributed by atoms with Crippen molar-refractivity contribution < 1.29 is 9.32 Å². The van der Waals surface area contributed by atoms with Crippen molar-refractivity contribution in [2.75, 3.05) is 13.1 Å². The number of amides is 1. The molecular formula is C21H22ClN5O2. The molecule has 0 unspecified atom stereocenters. The predicted molar refractivity (Wildman–Crippen MR) is 109 cm³/mol. The Hall–Kier alpha value is -2.77. The third-order valence-corrected chi connectivity index (χ3v) is 5.42. The van der Waals surface area contributed by atoms with E-state index < -0.39 is 0 Å². The Morgan fingerprint density at radius 3 is 2.79 bits per heavy atom. The molecule has 1 N–H and O–H groups in total. The van der Waals surface area contributed by atoms with Crippen molar-refractivity contribution in [2.45, 2.75) is 25.9 Å². The molecule has 2 aromatic heterocycles. The van der Waals surface area contributed by atoms with E-state index in [0.717, 1.165) is 37.1 Å². The molecule has 3 aromatic rings. The van der Waals surface area contributed by atoms with E-state index in [4.69, 9.17) is 16.1 Å². The minimum absolute atomic E-state index is 0.0318. The van der Waals surface area contributed by atoms with Gasteiger partial charge in [0.25, 0.3) is 0 Å². The molecule has 3 heterocycles. The first-order valence-corrected chi connectivity index (χ1v) is 10.0. The SMILES string of the molecule is O=C(NCc1cccnc1)C1CCN(Cc2nc(-c3ccccc3Cl)no2)CC1. The Kier molecular flexibility index (Phi) is 6.17. The lowest BCUT2D eigenvalue weighted by Crippen LogP contribution is -2.40. The topological polar surface area (TPSA) is 84.2 Å².